The van der Waals surface area contributed by atoms with Crippen LogP contribution in [0.5, 0.6) is 11.6 Å². The van der Waals surface area contributed by atoms with Gasteiger partial charge in [0.2, 0.25) is 0 Å². The molecule has 11 heavy (non-hydrogen) atoms. The normalized spacial score (nSPS) is 12.2. The Labute approximate surface area is 66.2 Å². The highest BCUT2D eigenvalue weighted by Crippen LogP contribution is 2.47. The molecular formula is C9H11NO. The molecule has 0 aromatic carbocycles. The van der Waals surface area contributed by atoms with E-state index in [-0.39, 0.29) is 0 Å². The number of fused-ring (bicyclic) bond motifs is 1. The lowest BCUT2D eigenvalue weighted by molar-refractivity contribution is 0.630. The molecule has 0 aliphatic carbocycles. The third kappa shape index (κ3) is 0.897. The third-order valence-electron chi connectivity index (χ3n) is 2.09. The van der Waals surface area contributed by atoms with Gasteiger partial charge in [-0.3, -0.25) is 0 Å². The van der Waals surface area contributed by atoms with Crippen LogP contribution >= 0.6 is 0 Å². The summed E-state index contributed by atoms with van der Waals surface area (Å²) in [7, 11) is 0. The molecule has 2 rings (SSSR count). The zero-order chi connectivity index (χ0) is 7.84. The lowest BCUT2D eigenvalue weighted by Crippen LogP contribution is -1.87. The Hall–Kier alpha value is -1.05. The van der Waals surface area contributed by atoms with Crippen LogP contribution < -0.4 is 4.74 Å². The van der Waals surface area contributed by atoms with E-state index < -0.39 is 0 Å². The van der Waals surface area contributed by atoms with E-state index in [2.05, 4.69) is 18.8 Å². The van der Waals surface area contributed by atoms with Crippen LogP contribution in [0.1, 0.15) is 25.0 Å². The van der Waals surface area contributed by atoms with Crippen LogP contribution in [0.3, 0.4) is 0 Å². The molecule has 1 aromatic heterocycles. The maximum absolute atomic E-state index is 5.19. The third-order valence-corrected chi connectivity index (χ3v) is 2.09. The van der Waals surface area contributed by atoms with E-state index in [1.54, 1.807) is 0 Å². The molecule has 1 aliphatic rings. The van der Waals surface area contributed by atoms with Crippen molar-refractivity contribution in [3.8, 4) is 11.6 Å². The number of ether oxygens (including phenoxy) is 1. The fourth-order valence-electron chi connectivity index (χ4n) is 1.40. The number of hydrogen-bond acceptors (Lipinski definition) is 2. The Morgan fingerprint density at radius 3 is 2.82 bits per heavy atom. The van der Waals surface area contributed by atoms with Crippen molar-refractivity contribution in [2.45, 2.75) is 26.7 Å². The van der Waals surface area contributed by atoms with Crippen LogP contribution in [0.25, 0.3) is 0 Å². The highest BCUT2D eigenvalue weighted by molar-refractivity contribution is 5.57. The molecule has 0 spiro atoms. The van der Waals surface area contributed by atoms with Gasteiger partial charge in [0, 0.05) is 11.8 Å². The summed E-state index contributed by atoms with van der Waals surface area (Å²) in [5.74, 6) is 1.87. The summed E-state index contributed by atoms with van der Waals surface area (Å²) in [5, 5.41) is 0. The first-order chi connectivity index (χ1) is 5.36. The minimum Gasteiger partial charge on any atom is -0.430 e. The predicted octanol–water partition coefficient (Wildman–Crippen LogP) is 2.31. The highest BCUT2D eigenvalue weighted by atomic mass is 16.6. The molecule has 0 radical (unpaired) electrons. The summed E-state index contributed by atoms with van der Waals surface area (Å²) in [4.78, 5) is 4.13. The first-order valence-corrected chi connectivity index (χ1v) is 4.05. The van der Waals surface area contributed by atoms with E-state index in [0.29, 0.717) is 0 Å². The van der Waals surface area contributed by atoms with Gasteiger partial charge in [0.15, 0.2) is 5.75 Å². The molecule has 2 heteroatoms. The second-order valence-corrected chi connectivity index (χ2v) is 2.71. The number of aromatic nitrogens is 1. The summed E-state index contributed by atoms with van der Waals surface area (Å²) >= 11 is 0. The molecule has 0 atom stereocenters. The number of aryl methyl sites for hydroxylation is 1. The van der Waals surface area contributed by atoms with Crippen LogP contribution in [0.4, 0.5) is 0 Å². The molecule has 58 valence electrons. The van der Waals surface area contributed by atoms with Crippen LogP contribution in [0.15, 0.2) is 6.20 Å². The molecule has 2 nitrogen and oxygen atoms in total. The zero-order valence-corrected chi connectivity index (χ0v) is 6.85. The van der Waals surface area contributed by atoms with Gasteiger partial charge in [-0.2, -0.15) is 0 Å². The molecule has 0 saturated heterocycles. The van der Waals surface area contributed by atoms with Gasteiger partial charge in [-0.15, -0.1) is 0 Å². The van der Waals surface area contributed by atoms with Gasteiger partial charge in [-0.1, -0.05) is 13.8 Å². The Bertz CT molecular complexity index is 294. The molecule has 2 heterocycles. The topological polar surface area (TPSA) is 25.4 Å². The Kier molecular flexibility index (Phi) is 1.34. The van der Waals surface area contributed by atoms with Gasteiger partial charge in [0.1, 0.15) is 0 Å². The second-order valence-electron chi connectivity index (χ2n) is 2.71. The predicted molar refractivity (Wildman–Crippen MR) is 43.1 cm³/mol. The molecule has 0 saturated carbocycles. The van der Waals surface area contributed by atoms with Gasteiger partial charge in [-0.25, -0.2) is 4.98 Å². The first-order valence-electron chi connectivity index (χ1n) is 4.05. The number of rotatable bonds is 2. The quantitative estimate of drug-likeness (QED) is 0.612. The highest BCUT2D eigenvalue weighted by Gasteiger charge is 2.27. The number of pyridine rings is 1. The van der Waals surface area contributed by atoms with E-state index in [1.165, 1.54) is 11.1 Å². The van der Waals surface area contributed by atoms with E-state index in [0.717, 1.165) is 24.5 Å². The average molecular weight is 149 g/mol. The summed E-state index contributed by atoms with van der Waals surface area (Å²) in [5.41, 5.74) is 2.67. The number of hydrogen-bond donors (Lipinski definition) is 0. The second kappa shape index (κ2) is 2.22. The van der Waals surface area contributed by atoms with Crippen molar-refractivity contribution in [1.82, 2.24) is 4.98 Å². The minimum atomic E-state index is 0.832. The van der Waals surface area contributed by atoms with Gasteiger partial charge in [0.05, 0.1) is 0 Å². The van der Waals surface area contributed by atoms with E-state index in [1.807, 2.05) is 6.20 Å². The smallest absolute Gasteiger partial charge is 0.263 e. The molecule has 0 fully saturated rings. The van der Waals surface area contributed by atoms with Crippen LogP contribution in [-0.2, 0) is 12.8 Å². The number of nitrogens with zero attached hydrogens (tertiary/aromatic N) is 1. The van der Waals surface area contributed by atoms with Crippen molar-refractivity contribution in [3.05, 3.63) is 17.3 Å². The van der Waals surface area contributed by atoms with Crippen LogP contribution in [0, 0.1) is 0 Å². The van der Waals surface area contributed by atoms with E-state index in [4.69, 9.17) is 4.74 Å². The van der Waals surface area contributed by atoms with Crippen LogP contribution in [0.2, 0.25) is 0 Å². The maximum atomic E-state index is 5.19. The van der Waals surface area contributed by atoms with Crippen molar-refractivity contribution >= 4 is 0 Å². The summed E-state index contributed by atoms with van der Waals surface area (Å²) < 4.78 is 5.19. The Balaban J connectivity index is 2.49. The Morgan fingerprint density at radius 2 is 2.18 bits per heavy atom. The molecule has 0 N–H and O–H groups in total. The molecule has 1 aromatic rings. The first kappa shape index (κ1) is 6.65. The average Bonchev–Trinajstić information content (AvgIpc) is 2.80. The van der Waals surface area contributed by atoms with Gasteiger partial charge >= 0.3 is 0 Å². The summed E-state index contributed by atoms with van der Waals surface area (Å²) in [6.07, 6.45) is 4.02. The fourth-order valence-corrected chi connectivity index (χ4v) is 1.40. The Morgan fingerprint density at radius 1 is 1.36 bits per heavy atom. The minimum absolute atomic E-state index is 0.832. The molecule has 1 aliphatic heterocycles. The van der Waals surface area contributed by atoms with E-state index >= 15 is 0 Å². The molecule has 0 bridgehead atoms. The lowest BCUT2D eigenvalue weighted by atomic mass is 10.1. The van der Waals surface area contributed by atoms with Crippen molar-refractivity contribution in [2.75, 3.05) is 0 Å². The molecular weight excluding hydrogens is 138 g/mol. The fraction of sp³-hybridized carbons (Fsp3) is 0.444. The molecule has 0 amide bonds. The monoisotopic (exact) mass is 149 g/mol. The van der Waals surface area contributed by atoms with Gasteiger partial charge in [0.25, 0.3) is 5.88 Å². The lowest BCUT2D eigenvalue weighted by Gasteiger charge is -1.98. The SMILES string of the molecule is CCc1cnc2c(c1CC)O2. The summed E-state index contributed by atoms with van der Waals surface area (Å²) in [6.45, 7) is 4.29. The summed E-state index contributed by atoms with van der Waals surface area (Å²) in [6, 6.07) is 0. The largest absolute Gasteiger partial charge is 0.430 e. The van der Waals surface area contributed by atoms with Crippen molar-refractivity contribution in [3.63, 3.8) is 0 Å². The van der Waals surface area contributed by atoms with Crippen LogP contribution in [-0.4, -0.2) is 4.98 Å². The maximum Gasteiger partial charge on any atom is 0.263 e. The van der Waals surface area contributed by atoms with Crippen molar-refractivity contribution in [1.29, 1.82) is 0 Å². The zero-order valence-electron chi connectivity index (χ0n) is 6.85. The van der Waals surface area contributed by atoms with Crippen molar-refractivity contribution in [2.24, 2.45) is 0 Å². The van der Waals surface area contributed by atoms with Crippen molar-refractivity contribution < 1.29 is 4.74 Å². The standard InChI is InChI=1S/C9H11NO/c1-3-6-5-10-9-8(11-9)7(6)4-2/h5H,3-4H2,1-2H3. The van der Waals surface area contributed by atoms with Gasteiger partial charge < -0.3 is 4.74 Å². The van der Waals surface area contributed by atoms with Gasteiger partial charge in [-0.05, 0) is 18.4 Å². The molecule has 0 unspecified atom stereocenters. The van der Waals surface area contributed by atoms with E-state index in [9.17, 15) is 0 Å².